The Bertz CT molecular complexity index is 787. The molecule has 0 bridgehead atoms. The van der Waals surface area contributed by atoms with Crippen molar-refractivity contribution in [3.63, 3.8) is 0 Å². The quantitative estimate of drug-likeness (QED) is 0.864. The van der Waals surface area contributed by atoms with E-state index in [-0.39, 0.29) is 11.4 Å². The van der Waals surface area contributed by atoms with Crippen molar-refractivity contribution in [3.8, 4) is 11.6 Å². The van der Waals surface area contributed by atoms with Crippen LogP contribution in [-0.2, 0) is 19.3 Å². The van der Waals surface area contributed by atoms with E-state index >= 15 is 0 Å². The smallest absolute Gasteiger partial charge is 0.335 e. The fourth-order valence-electron chi connectivity index (χ4n) is 2.82. The number of aryl methyl sites for hydroxylation is 2. The highest BCUT2D eigenvalue weighted by Gasteiger charge is 2.16. The van der Waals surface area contributed by atoms with Crippen LogP contribution in [0.15, 0.2) is 27.8 Å². The second kappa shape index (κ2) is 4.67. The van der Waals surface area contributed by atoms with E-state index in [1.807, 2.05) is 18.2 Å². The van der Waals surface area contributed by atoms with Gasteiger partial charge in [0.1, 0.15) is 0 Å². The van der Waals surface area contributed by atoms with Gasteiger partial charge in [-0.25, -0.2) is 9.36 Å². The van der Waals surface area contributed by atoms with Gasteiger partial charge in [0.2, 0.25) is 5.88 Å². The maximum atomic E-state index is 12.0. The molecule has 0 aliphatic heterocycles. The third-order valence-electron chi connectivity index (χ3n) is 3.87. The van der Waals surface area contributed by atoms with Gasteiger partial charge in [0.15, 0.2) is 0 Å². The van der Waals surface area contributed by atoms with E-state index in [0.717, 1.165) is 19.3 Å². The molecule has 0 saturated heterocycles. The van der Waals surface area contributed by atoms with Crippen LogP contribution in [0.1, 0.15) is 30.0 Å². The first-order chi connectivity index (χ1) is 9.61. The number of aromatic nitrogens is 2. The summed E-state index contributed by atoms with van der Waals surface area (Å²) in [5, 5.41) is 10.2. The molecule has 0 unspecified atom stereocenters. The van der Waals surface area contributed by atoms with Crippen LogP contribution < -0.4 is 11.2 Å². The molecule has 0 spiro atoms. The molecule has 0 fully saturated rings. The molecule has 2 N–H and O–H groups in total. The van der Waals surface area contributed by atoms with Crippen LogP contribution in [0.2, 0.25) is 0 Å². The second-order valence-corrected chi connectivity index (χ2v) is 5.06. The van der Waals surface area contributed by atoms with Crippen molar-refractivity contribution in [1.82, 2.24) is 9.55 Å². The first kappa shape index (κ1) is 12.7. The van der Waals surface area contributed by atoms with Gasteiger partial charge in [-0.15, -0.1) is 0 Å². The maximum Gasteiger partial charge on any atom is 0.335 e. The molecule has 5 heteroatoms. The Labute approximate surface area is 115 Å². The van der Waals surface area contributed by atoms with Crippen molar-refractivity contribution in [2.75, 3.05) is 0 Å². The largest absolute Gasteiger partial charge is 0.494 e. The number of rotatable bonds is 2. The topological polar surface area (TPSA) is 75.1 Å². The number of hydrogen-bond acceptors (Lipinski definition) is 3. The molecule has 1 heterocycles. The summed E-state index contributed by atoms with van der Waals surface area (Å²) in [7, 11) is 0. The van der Waals surface area contributed by atoms with Gasteiger partial charge in [-0.05, 0) is 48.9 Å². The van der Waals surface area contributed by atoms with Crippen LogP contribution in [-0.4, -0.2) is 14.7 Å². The Morgan fingerprint density at radius 3 is 2.75 bits per heavy atom. The molecule has 3 rings (SSSR count). The average Bonchev–Trinajstić information content (AvgIpc) is 2.86. The first-order valence-corrected chi connectivity index (χ1v) is 6.81. The molecule has 0 amide bonds. The molecular formula is C15H16N2O3. The standard InChI is InChI=1S/C15H16N2O3/c1-2-12-13(18)16-15(20)17(14(12)19)11-7-6-9-4-3-5-10(9)8-11/h6-8,19H,2-5H2,1H3,(H,16,18,20). The summed E-state index contributed by atoms with van der Waals surface area (Å²) in [5.41, 5.74) is 2.19. The SMILES string of the molecule is CCc1c(O)n(-c2ccc3c(c2)CCC3)c(=O)[nH]c1=O. The van der Waals surface area contributed by atoms with Crippen molar-refractivity contribution >= 4 is 0 Å². The van der Waals surface area contributed by atoms with Gasteiger partial charge in [-0.1, -0.05) is 13.0 Å². The fourth-order valence-corrected chi connectivity index (χ4v) is 2.82. The molecule has 0 saturated carbocycles. The summed E-state index contributed by atoms with van der Waals surface area (Å²) < 4.78 is 1.17. The molecule has 1 aliphatic rings. The molecule has 104 valence electrons. The summed E-state index contributed by atoms with van der Waals surface area (Å²) in [6.07, 6.45) is 3.53. The van der Waals surface area contributed by atoms with E-state index in [9.17, 15) is 14.7 Å². The number of nitrogens with zero attached hydrogens (tertiary/aromatic N) is 1. The lowest BCUT2D eigenvalue weighted by atomic mass is 10.1. The molecule has 5 nitrogen and oxygen atoms in total. The molecule has 1 aromatic heterocycles. The molecule has 20 heavy (non-hydrogen) atoms. The van der Waals surface area contributed by atoms with Crippen molar-refractivity contribution in [2.24, 2.45) is 0 Å². The molecule has 0 radical (unpaired) electrons. The zero-order chi connectivity index (χ0) is 14.3. The van der Waals surface area contributed by atoms with Gasteiger partial charge in [-0.3, -0.25) is 9.78 Å². The third kappa shape index (κ3) is 1.86. The lowest BCUT2D eigenvalue weighted by Crippen LogP contribution is -2.31. The van der Waals surface area contributed by atoms with Gasteiger partial charge in [0.25, 0.3) is 5.56 Å². The van der Waals surface area contributed by atoms with Crippen molar-refractivity contribution in [2.45, 2.75) is 32.6 Å². The van der Waals surface area contributed by atoms with Crippen LogP contribution in [0.4, 0.5) is 0 Å². The molecule has 1 aliphatic carbocycles. The van der Waals surface area contributed by atoms with Crippen LogP contribution in [0.25, 0.3) is 5.69 Å². The fraction of sp³-hybridized carbons (Fsp3) is 0.333. The van der Waals surface area contributed by atoms with Gasteiger partial charge in [0, 0.05) is 0 Å². The van der Waals surface area contributed by atoms with E-state index in [4.69, 9.17) is 0 Å². The highest BCUT2D eigenvalue weighted by molar-refractivity contribution is 5.45. The van der Waals surface area contributed by atoms with Crippen LogP contribution >= 0.6 is 0 Å². The predicted molar refractivity (Wildman–Crippen MR) is 75.7 cm³/mol. The van der Waals surface area contributed by atoms with E-state index in [0.29, 0.717) is 12.1 Å². The molecule has 2 aromatic rings. The number of benzene rings is 1. The number of H-pyrrole nitrogens is 1. The highest BCUT2D eigenvalue weighted by atomic mass is 16.3. The van der Waals surface area contributed by atoms with Crippen LogP contribution in [0.5, 0.6) is 5.88 Å². The Hall–Kier alpha value is -2.30. The minimum atomic E-state index is -0.609. The zero-order valence-electron chi connectivity index (χ0n) is 11.3. The Kier molecular flexibility index (Phi) is 2.97. The summed E-state index contributed by atoms with van der Waals surface area (Å²) in [4.78, 5) is 25.9. The van der Waals surface area contributed by atoms with Crippen molar-refractivity contribution in [3.05, 3.63) is 55.7 Å². The monoisotopic (exact) mass is 272 g/mol. The molecule has 0 atom stereocenters. The van der Waals surface area contributed by atoms with Gasteiger partial charge in [0.05, 0.1) is 11.3 Å². The number of fused-ring (bicyclic) bond motifs is 1. The highest BCUT2D eigenvalue weighted by Crippen LogP contribution is 2.25. The van der Waals surface area contributed by atoms with E-state index in [1.165, 1.54) is 15.7 Å². The Balaban J connectivity index is 2.25. The minimum absolute atomic E-state index is 0.227. The van der Waals surface area contributed by atoms with E-state index in [2.05, 4.69) is 4.98 Å². The average molecular weight is 272 g/mol. The lowest BCUT2D eigenvalue weighted by molar-refractivity contribution is 0.423. The molecular weight excluding hydrogens is 256 g/mol. The van der Waals surface area contributed by atoms with Crippen molar-refractivity contribution in [1.29, 1.82) is 0 Å². The minimum Gasteiger partial charge on any atom is -0.494 e. The summed E-state index contributed by atoms with van der Waals surface area (Å²) in [5.74, 6) is -0.265. The first-order valence-electron chi connectivity index (χ1n) is 6.81. The number of aromatic hydroxyl groups is 1. The molecule has 1 aromatic carbocycles. The van der Waals surface area contributed by atoms with Crippen LogP contribution in [0, 0.1) is 0 Å². The predicted octanol–water partition coefficient (Wildman–Crippen LogP) is 1.28. The Morgan fingerprint density at radius 1 is 1.25 bits per heavy atom. The summed E-state index contributed by atoms with van der Waals surface area (Å²) in [6, 6.07) is 5.71. The third-order valence-corrected chi connectivity index (χ3v) is 3.87. The van der Waals surface area contributed by atoms with Gasteiger partial charge < -0.3 is 5.11 Å². The number of hydrogen-bond donors (Lipinski definition) is 2. The van der Waals surface area contributed by atoms with E-state index < -0.39 is 11.2 Å². The summed E-state index contributed by atoms with van der Waals surface area (Å²) in [6.45, 7) is 1.77. The van der Waals surface area contributed by atoms with Gasteiger partial charge in [-0.2, -0.15) is 0 Å². The lowest BCUT2D eigenvalue weighted by Gasteiger charge is -2.11. The van der Waals surface area contributed by atoms with E-state index in [1.54, 1.807) is 6.92 Å². The second-order valence-electron chi connectivity index (χ2n) is 5.06. The van der Waals surface area contributed by atoms with Crippen molar-refractivity contribution < 1.29 is 5.11 Å². The Morgan fingerprint density at radius 2 is 2.00 bits per heavy atom. The maximum absolute atomic E-state index is 12.0. The van der Waals surface area contributed by atoms with Crippen LogP contribution in [0.3, 0.4) is 0 Å². The zero-order valence-corrected chi connectivity index (χ0v) is 11.3. The number of aromatic amines is 1. The normalized spacial score (nSPS) is 13.4. The van der Waals surface area contributed by atoms with Gasteiger partial charge >= 0.3 is 5.69 Å². The number of nitrogens with one attached hydrogen (secondary N) is 1. The summed E-state index contributed by atoms with van der Waals surface area (Å²) >= 11 is 0.